The Morgan fingerprint density at radius 2 is 1.90 bits per heavy atom. The van der Waals surface area contributed by atoms with E-state index in [1.807, 2.05) is 22.6 Å². The largest absolute Gasteiger partial charge is 0.507 e. The summed E-state index contributed by atoms with van der Waals surface area (Å²) in [5, 5.41) is 29.5. The fraction of sp³-hybridized carbons (Fsp3) is 0.308. The van der Waals surface area contributed by atoms with Crippen molar-refractivity contribution in [2.75, 3.05) is 0 Å². The van der Waals surface area contributed by atoms with Crippen LogP contribution in [0.15, 0.2) is 18.2 Å². The summed E-state index contributed by atoms with van der Waals surface area (Å²) in [6.07, 6.45) is -0.0446. The zero-order chi connectivity index (χ0) is 16.0. The Labute approximate surface area is 134 Å². The third-order valence-corrected chi connectivity index (χ3v) is 3.36. The van der Waals surface area contributed by atoms with Gasteiger partial charge < -0.3 is 20.6 Å². The second-order valence-electron chi connectivity index (χ2n) is 4.31. The van der Waals surface area contributed by atoms with Crippen molar-refractivity contribution in [3.8, 4) is 5.75 Å². The lowest BCUT2D eigenvalue weighted by Crippen LogP contribution is -2.40. The number of rotatable bonds is 7. The molecule has 8 heteroatoms. The van der Waals surface area contributed by atoms with Crippen molar-refractivity contribution in [2.45, 2.75) is 25.3 Å². The maximum Gasteiger partial charge on any atom is 0.326 e. The van der Waals surface area contributed by atoms with Crippen LogP contribution in [0.1, 0.15) is 29.6 Å². The highest BCUT2D eigenvalue weighted by atomic mass is 127. The maximum atomic E-state index is 12.0. The van der Waals surface area contributed by atoms with Crippen LogP contribution in [0.4, 0.5) is 0 Å². The van der Waals surface area contributed by atoms with Gasteiger partial charge in [-0.2, -0.15) is 0 Å². The molecule has 7 nitrogen and oxygen atoms in total. The van der Waals surface area contributed by atoms with Gasteiger partial charge in [0.05, 0.1) is 5.56 Å². The molecule has 0 aliphatic heterocycles. The quantitative estimate of drug-likeness (QED) is 0.507. The summed E-state index contributed by atoms with van der Waals surface area (Å²) < 4.78 is 0.716. The zero-order valence-electron chi connectivity index (χ0n) is 10.9. The van der Waals surface area contributed by atoms with E-state index in [9.17, 15) is 19.5 Å². The van der Waals surface area contributed by atoms with E-state index in [4.69, 9.17) is 10.2 Å². The Hall–Kier alpha value is -1.84. The van der Waals surface area contributed by atoms with Crippen molar-refractivity contribution in [3.63, 3.8) is 0 Å². The zero-order valence-corrected chi connectivity index (χ0v) is 13.0. The lowest BCUT2D eigenvalue weighted by atomic mass is 10.1. The molecule has 0 saturated carbocycles. The van der Waals surface area contributed by atoms with Crippen LogP contribution in [0.5, 0.6) is 5.75 Å². The Bertz CT molecular complexity index is 560. The molecule has 4 N–H and O–H groups in total. The Balaban J connectivity index is 2.74. The molecule has 1 amide bonds. The molecule has 1 atom stereocenters. The van der Waals surface area contributed by atoms with Gasteiger partial charge in [0.2, 0.25) is 0 Å². The van der Waals surface area contributed by atoms with Crippen LogP contribution in [-0.4, -0.2) is 39.2 Å². The number of nitrogens with one attached hydrogen (secondary N) is 1. The van der Waals surface area contributed by atoms with Crippen molar-refractivity contribution in [1.82, 2.24) is 5.32 Å². The van der Waals surface area contributed by atoms with E-state index in [2.05, 4.69) is 5.32 Å². The molecule has 0 aromatic heterocycles. The topological polar surface area (TPSA) is 124 Å². The number of hydrogen-bond acceptors (Lipinski definition) is 4. The highest BCUT2D eigenvalue weighted by Gasteiger charge is 2.22. The van der Waals surface area contributed by atoms with Crippen molar-refractivity contribution >= 4 is 40.4 Å². The first-order valence-electron chi connectivity index (χ1n) is 6.05. The number of carbonyl (C=O) groups is 3. The summed E-state index contributed by atoms with van der Waals surface area (Å²) in [7, 11) is 0. The monoisotopic (exact) mass is 407 g/mol. The predicted molar refractivity (Wildman–Crippen MR) is 81.2 cm³/mol. The molecule has 1 aromatic carbocycles. The molecule has 0 bridgehead atoms. The molecular formula is C13H14INO6. The van der Waals surface area contributed by atoms with Gasteiger partial charge in [0.1, 0.15) is 11.8 Å². The molecule has 114 valence electrons. The van der Waals surface area contributed by atoms with Gasteiger partial charge in [0.15, 0.2) is 0 Å². The van der Waals surface area contributed by atoms with Crippen LogP contribution in [0.2, 0.25) is 0 Å². The number of phenols is 1. The second kappa shape index (κ2) is 7.81. The van der Waals surface area contributed by atoms with Crippen LogP contribution in [0.25, 0.3) is 0 Å². The second-order valence-corrected chi connectivity index (χ2v) is 5.56. The molecule has 0 aliphatic rings. The van der Waals surface area contributed by atoms with Gasteiger partial charge in [-0.05, 0) is 53.6 Å². The molecule has 0 unspecified atom stereocenters. The number of carbonyl (C=O) groups excluding carboxylic acids is 1. The average Bonchev–Trinajstić information content (AvgIpc) is 2.39. The summed E-state index contributed by atoms with van der Waals surface area (Å²) in [6.45, 7) is 0. The van der Waals surface area contributed by atoms with E-state index in [1.165, 1.54) is 12.1 Å². The summed E-state index contributed by atoms with van der Waals surface area (Å²) >= 11 is 1.96. The standard InChI is InChI=1S/C13H14INO6/c14-7-4-5-10(16)8(6-7)12(19)15-9(13(20)21)2-1-3-11(17)18/h4-6,9,16H,1-3H2,(H,15,19)(H,17,18)(H,20,21)/t9-/m1/s1. The van der Waals surface area contributed by atoms with Crippen LogP contribution in [0, 0.1) is 3.57 Å². The molecule has 1 rings (SSSR count). The van der Waals surface area contributed by atoms with Gasteiger partial charge in [0.25, 0.3) is 5.91 Å². The van der Waals surface area contributed by atoms with Crippen LogP contribution in [-0.2, 0) is 9.59 Å². The van der Waals surface area contributed by atoms with Crippen molar-refractivity contribution in [1.29, 1.82) is 0 Å². The van der Waals surface area contributed by atoms with Gasteiger partial charge in [-0.3, -0.25) is 9.59 Å². The number of phenolic OH excluding ortho intramolecular Hbond substituents is 1. The molecule has 0 fully saturated rings. The van der Waals surface area contributed by atoms with Crippen LogP contribution >= 0.6 is 22.6 Å². The Morgan fingerprint density at radius 3 is 2.48 bits per heavy atom. The number of carboxylic acids is 2. The predicted octanol–water partition coefficient (Wildman–Crippen LogP) is 1.43. The number of amides is 1. The number of aliphatic carboxylic acids is 2. The average molecular weight is 407 g/mol. The number of hydrogen-bond donors (Lipinski definition) is 4. The minimum absolute atomic E-state index is 0.00192. The summed E-state index contributed by atoms with van der Waals surface area (Å²) in [5.41, 5.74) is -0.0219. The van der Waals surface area contributed by atoms with Crippen molar-refractivity contribution in [3.05, 3.63) is 27.3 Å². The van der Waals surface area contributed by atoms with Gasteiger partial charge >= 0.3 is 11.9 Å². The number of carboxylic acid groups (broad SMARTS) is 2. The highest BCUT2D eigenvalue weighted by Crippen LogP contribution is 2.19. The first-order valence-corrected chi connectivity index (χ1v) is 7.13. The molecular weight excluding hydrogens is 393 g/mol. The third kappa shape index (κ3) is 5.58. The lowest BCUT2D eigenvalue weighted by Gasteiger charge is -2.14. The first-order chi connectivity index (χ1) is 9.81. The van der Waals surface area contributed by atoms with E-state index < -0.39 is 23.9 Å². The summed E-state index contributed by atoms with van der Waals surface area (Å²) in [5.74, 6) is -3.24. The molecule has 0 spiro atoms. The lowest BCUT2D eigenvalue weighted by molar-refractivity contribution is -0.140. The Kier molecular flexibility index (Phi) is 6.40. The van der Waals surface area contributed by atoms with E-state index in [0.29, 0.717) is 3.57 Å². The van der Waals surface area contributed by atoms with E-state index in [-0.39, 0.29) is 30.6 Å². The third-order valence-electron chi connectivity index (χ3n) is 2.69. The highest BCUT2D eigenvalue weighted by molar-refractivity contribution is 14.1. The molecule has 0 heterocycles. The minimum atomic E-state index is -1.25. The minimum Gasteiger partial charge on any atom is -0.507 e. The van der Waals surface area contributed by atoms with Crippen LogP contribution in [0.3, 0.4) is 0 Å². The SMILES string of the molecule is O=C(O)CCC[C@@H](NC(=O)c1cc(I)ccc1O)C(=O)O. The number of benzene rings is 1. The van der Waals surface area contributed by atoms with E-state index in [0.717, 1.165) is 0 Å². The smallest absolute Gasteiger partial charge is 0.326 e. The Morgan fingerprint density at radius 1 is 1.24 bits per heavy atom. The van der Waals surface area contributed by atoms with Gasteiger partial charge in [0, 0.05) is 9.99 Å². The number of aromatic hydroxyl groups is 1. The number of halogens is 1. The maximum absolute atomic E-state index is 12.0. The van der Waals surface area contributed by atoms with Crippen molar-refractivity contribution in [2.24, 2.45) is 0 Å². The molecule has 0 aliphatic carbocycles. The summed E-state index contributed by atoms with van der Waals surface area (Å²) in [6, 6.07) is 3.18. The van der Waals surface area contributed by atoms with Gasteiger partial charge in [-0.25, -0.2) is 4.79 Å². The summed E-state index contributed by atoms with van der Waals surface area (Å²) in [4.78, 5) is 33.5. The normalized spacial score (nSPS) is 11.7. The molecule has 1 aromatic rings. The molecule has 21 heavy (non-hydrogen) atoms. The van der Waals surface area contributed by atoms with E-state index >= 15 is 0 Å². The van der Waals surface area contributed by atoms with E-state index in [1.54, 1.807) is 6.07 Å². The molecule has 0 saturated heterocycles. The fourth-order valence-corrected chi connectivity index (χ4v) is 2.13. The molecule has 0 radical (unpaired) electrons. The van der Waals surface area contributed by atoms with Crippen molar-refractivity contribution < 1.29 is 29.7 Å². The van der Waals surface area contributed by atoms with Gasteiger partial charge in [-0.15, -0.1) is 0 Å². The fourth-order valence-electron chi connectivity index (χ4n) is 1.64. The van der Waals surface area contributed by atoms with Gasteiger partial charge in [-0.1, -0.05) is 0 Å². The van der Waals surface area contributed by atoms with Crippen LogP contribution < -0.4 is 5.32 Å². The first kappa shape index (κ1) is 17.2.